The van der Waals surface area contributed by atoms with Gasteiger partial charge in [-0.3, -0.25) is 0 Å². The molecule has 0 aliphatic carbocycles. The highest BCUT2D eigenvalue weighted by Gasteiger charge is 2.15. The summed E-state index contributed by atoms with van der Waals surface area (Å²) in [6, 6.07) is 16.9. The number of aliphatic hydroxyl groups excluding tert-OH is 1. The molecular weight excluding hydrogens is 296 g/mol. The summed E-state index contributed by atoms with van der Waals surface area (Å²) in [4.78, 5) is 4.65. The Labute approximate surface area is 143 Å². The zero-order valence-electron chi connectivity index (χ0n) is 14.5. The van der Waals surface area contributed by atoms with E-state index in [2.05, 4.69) is 71.9 Å². The molecule has 0 saturated heterocycles. The molecule has 1 atom stereocenters. The standard InChI is InChI=1S/C21H24N2O/c1-15-6-4-8-18(10-15)13-23-14-22-21(20(23)12-17(3)24)19-9-5-7-16(2)11-19/h4-11,14,17,24H,12-13H2,1-3H3. The van der Waals surface area contributed by atoms with Crippen LogP contribution in [0.2, 0.25) is 0 Å². The third-order valence-electron chi connectivity index (χ3n) is 4.16. The van der Waals surface area contributed by atoms with Gasteiger partial charge in [0.25, 0.3) is 0 Å². The number of rotatable bonds is 5. The highest BCUT2D eigenvalue weighted by Crippen LogP contribution is 2.25. The monoisotopic (exact) mass is 320 g/mol. The minimum atomic E-state index is -0.401. The van der Waals surface area contributed by atoms with Crippen molar-refractivity contribution in [3.05, 3.63) is 77.2 Å². The number of aryl methyl sites for hydroxylation is 2. The van der Waals surface area contributed by atoms with Gasteiger partial charge in [-0.1, -0.05) is 53.6 Å². The topological polar surface area (TPSA) is 38.0 Å². The van der Waals surface area contributed by atoms with Gasteiger partial charge in [-0.25, -0.2) is 4.98 Å². The highest BCUT2D eigenvalue weighted by atomic mass is 16.3. The molecule has 1 heterocycles. The fourth-order valence-electron chi connectivity index (χ4n) is 3.08. The number of hydrogen-bond acceptors (Lipinski definition) is 2. The number of imidazole rings is 1. The molecule has 0 fully saturated rings. The lowest BCUT2D eigenvalue weighted by atomic mass is 10.0. The van der Waals surface area contributed by atoms with Crippen LogP contribution in [-0.4, -0.2) is 20.8 Å². The maximum Gasteiger partial charge on any atom is 0.0959 e. The predicted molar refractivity (Wildman–Crippen MR) is 98.1 cm³/mol. The van der Waals surface area contributed by atoms with Crippen molar-refractivity contribution in [2.24, 2.45) is 0 Å². The van der Waals surface area contributed by atoms with Crippen LogP contribution in [0.3, 0.4) is 0 Å². The molecule has 0 radical (unpaired) electrons. The minimum absolute atomic E-state index is 0.401. The molecule has 1 unspecified atom stereocenters. The van der Waals surface area contributed by atoms with Gasteiger partial charge in [0.1, 0.15) is 0 Å². The Morgan fingerprint density at radius 1 is 1.04 bits per heavy atom. The van der Waals surface area contributed by atoms with E-state index in [1.54, 1.807) is 0 Å². The van der Waals surface area contributed by atoms with Crippen molar-refractivity contribution >= 4 is 0 Å². The van der Waals surface area contributed by atoms with Gasteiger partial charge < -0.3 is 9.67 Å². The minimum Gasteiger partial charge on any atom is -0.393 e. The van der Waals surface area contributed by atoms with Crippen molar-refractivity contribution in [3.63, 3.8) is 0 Å². The number of hydrogen-bond donors (Lipinski definition) is 1. The lowest BCUT2D eigenvalue weighted by molar-refractivity contribution is 0.193. The first kappa shape index (κ1) is 16.5. The zero-order valence-corrected chi connectivity index (χ0v) is 14.5. The molecule has 0 spiro atoms. The first-order valence-electron chi connectivity index (χ1n) is 8.37. The van der Waals surface area contributed by atoms with Gasteiger partial charge in [0.2, 0.25) is 0 Å². The summed E-state index contributed by atoms with van der Waals surface area (Å²) in [5.41, 5.74) is 6.86. The molecule has 3 nitrogen and oxygen atoms in total. The number of benzene rings is 2. The summed E-state index contributed by atoms with van der Waals surface area (Å²) < 4.78 is 2.15. The fraction of sp³-hybridized carbons (Fsp3) is 0.286. The smallest absolute Gasteiger partial charge is 0.0959 e. The van der Waals surface area contributed by atoms with Crippen molar-refractivity contribution in [2.75, 3.05) is 0 Å². The van der Waals surface area contributed by atoms with Gasteiger partial charge in [-0.05, 0) is 32.4 Å². The van der Waals surface area contributed by atoms with Crippen LogP contribution in [0.5, 0.6) is 0 Å². The molecule has 3 rings (SSSR count). The summed E-state index contributed by atoms with van der Waals surface area (Å²) in [7, 11) is 0. The molecule has 1 N–H and O–H groups in total. The van der Waals surface area contributed by atoms with E-state index in [4.69, 9.17) is 0 Å². The van der Waals surface area contributed by atoms with Crippen LogP contribution in [0.15, 0.2) is 54.9 Å². The van der Waals surface area contributed by atoms with E-state index < -0.39 is 6.10 Å². The van der Waals surface area contributed by atoms with Gasteiger partial charge in [0, 0.05) is 24.2 Å². The van der Waals surface area contributed by atoms with Gasteiger partial charge in [-0.2, -0.15) is 0 Å². The quantitative estimate of drug-likeness (QED) is 0.767. The molecule has 0 saturated carbocycles. The maximum absolute atomic E-state index is 9.94. The van der Waals surface area contributed by atoms with Crippen molar-refractivity contribution in [1.29, 1.82) is 0 Å². The highest BCUT2D eigenvalue weighted by molar-refractivity contribution is 5.63. The van der Waals surface area contributed by atoms with E-state index >= 15 is 0 Å². The van der Waals surface area contributed by atoms with Gasteiger partial charge in [-0.15, -0.1) is 0 Å². The SMILES string of the molecule is Cc1cccc(Cn2cnc(-c3cccc(C)c3)c2CC(C)O)c1. The Bertz CT molecular complexity index is 833. The normalized spacial score (nSPS) is 12.3. The molecule has 24 heavy (non-hydrogen) atoms. The molecule has 0 bridgehead atoms. The van der Waals surface area contributed by atoms with E-state index in [1.165, 1.54) is 16.7 Å². The Kier molecular flexibility index (Phi) is 4.81. The average molecular weight is 320 g/mol. The van der Waals surface area contributed by atoms with Gasteiger partial charge in [0.05, 0.1) is 18.1 Å². The van der Waals surface area contributed by atoms with Crippen LogP contribution >= 0.6 is 0 Å². The van der Waals surface area contributed by atoms with Crippen molar-refractivity contribution in [3.8, 4) is 11.3 Å². The number of nitrogens with zero attached hydrogens (tertiary/aromatic N) is 2. The summed E-state index contributed by atoms with van der Waals surface area (Å²) in [6.07, 6.45) is 2.08. The summed E-state index contributed by atoms with van der Waals surface area (Å²) in [6.45, 7) is 6.78. The molecule has 3 heteroatoms. The first-order valence-corrected chi connectivity index (χ1v) is 8.37. The molecule has 3 aromatic rings. The summed E-state index contributed by atoms with van der Waals surface area (Å²) >= 11 is 0. The van der Waals surface area contributed by atoms with Gasteiger partial charge in [0.15, 0.2) is 0 Å². The summed E-state index contributed by atoms with van der Waals surface area (Å²) in [5, 5.41) is 9.94. The largest absolute Gasteiger partial charge is 0.393 e. The van der Waals surface area contributed by atoms with E-state index in [-0.39, 0.29) is 0 Å². The van der Waals surface area contributed by atoms with Crippen LogP contribution in [-0.2, 0) is 13.0 Å². The fourth-order valence-corrected chi connectivity index (χ4v) is 3.08. The number of aromatic nitrogens is 2. The van der Waals surface area contributed by atoms with E-state index in [0.29, 0.717) is 6.42 Å². The third kappa shape index (κ3) is 3.74. The van der Waals surface area contributed by atoms with Crippen LogP contribution in [0.1, 0.15) is 29.3 Å². The van der Waals surface area contributed by atoms with E-state index in [0.717, 1.165) is 23.5 Å². The maximum atomic E-state index is 9.94. The van der Waals surface area contributed by atoms with Crippen molar-refractivity contribution < 1.29 is 5.11 Å². The Morgan fingerprint density at radius 3 is 2.42 bits per heavy atom. The lowest BCUT2D eigenvalue weighted by Crippen LogP contribution is -2.11. The zero-order chi connectivity index (χ0) is 17.1. The Hall–Kier alpha value is -2.39. The van der Waals surface area contributed by atoms with Crippen molar-refractivity contribution in [1.82, 2.24) is 9.55 Å². The molecule has 124 valence electrons. The second-order valence-electron chi connectivity index (χ2n) is 6.58. The second-order valence-corrected chi connectivity index (χ2v) is 6.58. The average Bonchev–Trinajstić information content (AvgIpc) is 2.89. The molecule has 1 aromatic heterocycles. The van der Waals surface area contributed by atoms with E-state index in [9.17, 15) is 5.11 Å². The van der Waals surface area contributed by atoms with E-state index in [1.807, 2.05) is 13.3 Å². The molecular formula is C21H24N2O. The molecule has 0 aliphatic heterocycles. The predicted octanol–water partition coefficient (Wildman–Crippen LogP) is 4.14. The summed E-state index contributed by atoms with van der Waals surface area (Å²) in [5.74, 6) is 0. The number of aliphatic hydroxyl groups is 1. The van der Waals surface area contributed by atoms with Crippen molar-refractivity contribution in [2.45, 2.75) is 39.8 Å². The Balaban J connectivity index is 2.00. The third-order valence-corrected chi connectivity index (χ3v) is 4.16. The van der Waals surface area contributed by atoms with Gasteiger partial charge >= 0.3 is 0 Å². The Morgan fingerprint density at radius 2 is 1.75 bits per heavy atom. The second kappa shape index (κ2) is 7.02. The van der Waals surface area contributed by atoms with Crippen LogP contribution in [0.25, 0.3) is 11.3 Å². The molecule has 0 aliphatic rings. The molecule has 2 aromatic carbocycles. The van der Waals surface area contributed by atoms with Crippen LogP contribution in [0.4, 0.5) is 0 Å². The molecule has 0 amide bonds. The lowest BCUT2D eigenvalue weighted by Gasteiger charge is -2.13. The van der Waals surface area contributed by atoms with Crippen LogP contribution in [0, 0.1) is 13.8 Å². The van der Waals surface area contributed by atoms with Crippen LogP contribution < -0.4 is 0 Å². The first-order chi connectivity index (χ1) is 11.5.